The van der Waals surface area contributed by atoms with Crippen LogP contribution < -0.4 is 10.7 Å². The number of rotatable bonds is 6. The van der Waals surface area contributed by atoms with Crippen molar-refractivity contribution in [3.05, 3.63) is 86.3 Å². The van der Waals surface area contributed by atoms with Crippen LogP contribution in [0.3, 0.4) is 0 Å². The van der Waals surface area contributed by atoms with Gasteiger partial charge in [-0.05, 0) is 37.3 Å². The fourth-order valence-corrected chi connectivity index (χ4v) is 3.49. The SMILES string of the molecule is Cc1cc(=O)c(C(=O)Nc2ccc(S(=O)(=O)C(F)F)cc2)nn1-c1ccccc1[N+](=O)[O-]. The lowest BCUT2D eigenvalue weighted by Gasteiger charge is -2.12. The monoisotopic (exact) mass is 464 g/mol. The molecule has 13 heteroatoms. The van der Waals surface area contributed by atoms with E-state index in [1.54, 1.807) is 0 Å². The van der Waals surface area contributed by atoms with Gasteiger partial charge >= 0.3 is 5.76 Å². The Hall–Kier alpha value is -4.00. The van der Waals surface area contributed by atoms with E-state index in [9.17, 15) is 36.9 Å². The molecule has 0 spiro atoms. The number of hydrogen-bond donors (Lipinski definition) is 1. The zero-order valence-corrected chi connectivity index (χ0v) is 17.0. The average molecular weight is 464 g/mol. The van der Waals surface area contributed by atoms with E-state index in [1.807, 2.05) is 0 Å². The standard InChI is InChI=1S/C19H14F2N4O6S/c1-11-10-16(26)17(23-24(11)14-4-2-3-5-15(14)25(28)29)18(27)22-12-6-8-13(9-7-12)32(30,31)19(20)21/h2-10,19H,1H3,(H,22,27). The van der Waals surface area contributed by atoms with Gasteiger partial charge in [0.15, 0.2) is 5.69 Å². The van der Waals surface area contributed by atoms with E-state index in [1.165, 1.54) is 31.2 Å². The van der Waals surface area contributed by atoms with E-state index in [4.69, 9.17) is 0 Å². The van der Waals surface area contributed by atoms with Crippen LogP contribution in [0.5, 0.6) is 0 Å². The van der Waals surface area contributed by atoms with Crippen LogP contribution in [0.15, 0.2) is 64.3 Å². The number of sulfone groups is 1. The predicted molar refractivity (Wildman–Crippen MR) is 109 cm³/mol. The predicted octanol–water partition coefficient (Wildman–Crippen LogP) is 2.70. The number of nitro benzene ring substituents is 1. The normalized spacial score (nSPS) is 11.4. The summed E-state index contributed by atoms with van der Waals surface area (Å²) < 4.78 is 49.3. The summed E-state index contributed by atoms with van der Waals surface area (Å²) in [6.07, 6.45) is 0. The number of para-hydroxylation sites is 2. The number of nitrogens with zero attached hydrogens (tertiary/aromatic N) is 3. The van der Waals surface area contributed by atoms with Crippen LogP contribution in [0.4, 0.5) is 20.2 Å². The Morgan fingerprint density at radius 2 is 1.78 bits per heavy atom. The van der Waals surface area contributed by atoms with E-state index in [-0.39, 0.29) is 22.8 Å². The summed E-state index contributed by atoms with van der Waals surface area (Å²) in [4.78, 5) is 34.9. The number of hydrogen-bond acceptors (Lipinski definition) is 7. The third-order valence-corrected chi connectivity index (χ3v) is 5.70. The Kier molecular flexibility index (Phi) is 6.11. The highest BCUT2D eigenvalue weighted by molar-refractivity contribution is 7.91. The molecule has 3 aromatic rings. The fraction of sp³-hybridized carbons (Fsp3) is 0.105. The summed E-state index contributed by atoms with van der Waals surface area (Å²) in [6, 6.07) is 10.6. The molecule has 0 atom stereocenters. The summed E-state index contributed by atoms with van der Waals surface area (Å²) >= 11 is 0. The van der Waals surface area contributed by atoms with Crippen molar-refractivity contribution in [3.63, 3.8) is 0 Å². The van der Waals surface area contributed by atoms with Crippen molar-refractivity contribution in [1.29, 1.82) is 0 Å². The van der Waals surface area contributed by atoms with E-state index in [2.05, 4.69) is 10.4 Å². The zero-order valence-electron chi connectivity index (χ0n) is 16.2. The molecule has 0 bridgehead atoms. The Morgan fingerprint density at radius 1 is 1.16 bits per heavy atom. The number of aromatic nitrogens is 2. The molecule has 1 heterocycles. The van der Waals surface area contributed by atoms with E-state index in [0.29, 0.717) is 0 Å². The molecule has 3 rings (SSSR count). The van der Waals surface area contributed by atoms with Gasteiger partial charge in [0, 0.05) is 23.5 Å². The van der Waals surface area contributed by atoms with Gasteiger partial charge in [0.1, 0.15) is 5.69 Å². The van der Waals surface area contributed by atoms with E-state index in [0.717, 1.165) is 35.0 Å². The third kappa shape index (κ3) is 4.37. The number of aryl methyl sites for hydroxylation is 1. The van der Waals surface area contributed by atoms with Gasteiger partial charge in [-0.2, -0.15) is 13.9 Å². The van der Waals surface area contributed by atoms with Gasteiger partial charge in [-0.25, -0.2) is 13.1 Å². The summed E-state index contributed by atoms with van der Waals surface area (Å²) in [7, 11) is -4.80. The summed E-state index contributed by atoms with van der Waals surface area (Å²) in [6.45, 7) is 1.48. The van der Waals surface area contributed by atoms with Crippen LogP contribution in [0, 0.1) is 17.0 Å². The van der Waals surface area contributed by atoms with Crippen molar-refractivity contribution < 1.29 is 26.9 Å². The van der Waals surface area contributed by atoms with Crippen LogP contribution in [0.2, 0.25) is 0 Å². The average Bonchev–Trinajstić information content (AvgIpc) is 2.74. The highest BCUT2D eigenvalue weighted by Gasteiger charge is 2.26. The minimum atomic E-state index is -4.80. The highest BCUT2D eigenvalue weighted by Crippen LogP contribution is 2.23. The molecule has 0 saturated carbocycles. The number of carbonyl (C=O) groups is 1. The molecule has 0 saturated heterocycles. The number of amides is 1. The van der Waals surface area contributed by atoms with Crippen LogP contribution in [-0.2, 0) is 9.84 Å². The fourth-order valence-electron chi connectivity index (χ4n) is 2.77. The lowest BCUT2D eigenvalue weighted by atomic mass is 10.2. The topological polar surface area (TPSA) is 141 Å². The molecule has 1 amide bonds. The molecule has 166 valence electrons. The lowest BCUT2D eigenvalue weighted by molar-refractivity contribution is -0.384. The maximum Gasteiger partial charge on any atom is 0.341 e. The molecule has 0 aliphatic carbocycles. The third-order valence-electron chi connectivity index (χ3n) is 4.30. The second-order valence-corrected chi connectivity index (χ2v) is 8.36. The van der Waals surface area contributed by atoms with Gasteiger partial charge in [0.2, 0.25) is 15.3 Å². The maximum absolute atomic E-state index is 12.6. The quantitative estimate of drug-likeness (QED) is 0.437. The minimum Gasteiger partial charge on any atom is -0.320 e. The van der Waals surface area contributed by atoms with Crippen molar-refractivity contribution in [2.75, 3.05) is 5.32 Å². The number of halogens is 2. The maximum atomic E-state index is 12.6. The first-order chi connectivity index (χ1) is 15.0. The lowest BCUT2D eigenvalue weighted by Crippen LogP contribution is -2.27. The highest BCUT2D eigenvalue weighted by atomic mass is 32.2. The Morgan fingerprint density at radius 3 is 2.38 bits per heavy atom. The number of benzene rings is 2. The molecule has 0 unspecified atom stereocenters. The molecule has 1 N–H and O–H groups in total. The Labute approximate surface area is 179 Å². The number of carbonyl (C=O) groups excluding carboxylic acids is 1. The molecule has 0 fully saturated rings. The first-order valence-corrected chi connectivity index (χ1v) is 10.3. The largest absolute Gasteiger partial charge is 0.341 e. The molecule has 1 aromatic heterocycles. The van der Waals surface area contributed by atoms with Gasteiger partial charge in [-0.1, -0.05) is 12.1 Å². The molecule has 10 nitrogen and oxygen atoms in total. The second-order valence-electron chi connectivity index (χ2n) is 6.44. The molecule has 32 heavy (non-hydrogen) atoms. The number of alkyl halides is 2. The summed E-state index contributed by atoms with van der Waals surface area (Å²) in [5, 5.41) is 17.6. The van der Waals surface area contributed by atoms with Crippen molar-refractivity contribution in [1.82, 2.24) is 9.78 Å². The number of nitrogens with one attached hydrogen (secondary N) is 1. The van der Waals surface area contributed by atoms with Crippen LogP contribution in [-0.4, -0.2) is 34.8 Å². The zero-order chi connectivity index (χ0) is 23.6. The summed E-state index contributed by atoms with van der Waals surface area (Å²) in [5.74, 6) is -4.58. The first kappa shape index (κ1) is 22.7. The van der Waals surface area contributed by atoms with Crippen LogP contribution >= 0.6 is 0 Å². The van der Waals surface area contributed by atoms with Gasteiger partial charge in [-0.15, -0.1) is 0 Å². The van der Waals surface area contributed by atoms with Crippen molar-refractivity contribution in [3.8, 4) is 5.69 Å². The van der Waals surface area contributed by atoms with Crippen molar-refractivity contribution >= 4 is 27.1 Å². The molecule has 0 aliphatic rings. The second kappa shape index (κ2) is 8.63. The van der Waals surface area contributed by atoms with Crippen LogP contribution in [0.1, 0.15) is 16.2 Å². The van der Waals surface area contributed by atoms with Gasteiger partial charge in [0.05, 0.1) is 9.82 Å². The van der Waals surface area contributed by atoms with Crippen LogP contribution in [0.25, 0.3) is 5.69 Å². The molecule has 0 aliphatic heterocycles. The first-order valence-electron chi connectivity index (χ1n) is 8.80. The van der Waals surface area contributed by atoms with Crippen molar-refractivity contribution in [2.24, 2.45) is 0 Å². The minimum absolute atomic E-state index is 0.0160. The van der Waals surface area contributed by atoms with Crippen molar-refractivity contribution in [2.45, 2.75) is 17.6 Å². The number of nitro groups is 1. The van der Waals surface area contributed by atoms with Gasteiger partial charge in [-0.3, -0.25) is 19.7 Å². The van der Waals surface area contributed by atoms with E-state index >= 15 is 0 Å². The molecule has 0 radical (unpaired) electrons. The molecular weight excluding hydrogens is 450 g/mol. The summed E-state index contributed by atoms with van der Waals surface area (Å²) in [5.41, 5.74) is -1.35. The van der Waals surface area contributed by atoms with E-state index < -0.39 is 42.4 Å². The Bertz CT molecular complexity index is 1370. The smallest absolute Gasteiger partial charge is 0.320 e. The molecular formula is C19H14F2N4O6S. The Balaban J connectivity index is 1.96. The number of anilines is 1. The van der Waals surface area contributed by atoms with Gasteiger partial charge in [0.25, 0.3) is 11.6 Å². The van der Waals surface area contributed by atoms with Gasteiger partial charge < -0.3 is 5.32 Å². The molecule has 2 aromatic carbocycles.